The van der Waals surface area contributed by atoms with E-state index in [-0.39, 0.29) is 0 Å². The summed E-state index contributed by atoms with van der Waals surface area (Å²) in [5.41, 5.74) is 2.66. The second-order valence-electron chi connectivity index (χ2n) is 4.48. The Balaban J connectivity index is 3.94. The molecule has 98 valence electrons. The maximum atomic E-state index is 3.46. The Kier molecular flexibility index (Phi) is 10.8. The van der Waals surface area contributed by atoms with Crippen molar-refractivity contribution in [1.82, 2.24) is 5.32 Å². The topological polar surface area (TPSA) is 12.0 Å². The number of hydrogen-bond acceptors (Lipinski definition) is 1. The van der Waals surface area contributed by atoms with E-state index in [2.05, 4.69) is 57.3 Å². The summed E-state index contributed by atoms with van der Waals surface area (Å²) in [5.74, 6) is 0. The van der Waals surface area contributed by atoms with E-state index in [1.165, 1.54) is 37.0 Å². The molecular weight excluding hydrogens is 206 g/mol. The number of allylic oxidation sites excluding steroid dienone is 4. The SMILES string of the molecule is C/C=C(\C=C/CCC)NC/C(C)=C/CCCC. The van der Waals surface area contributed by atoms with Gasteiger partial charge in [-0.1, -0.05) is 56.9 Å². The summed E-state index contributed by atoms with van der Waals surface area (Å²) in [6.45, 7) is 9.67. The van der Waals surface area contributed by atoms with Crippen molar-refractivity contribution in [3.63, 3.8) is 0 Å². The van der Waals surface area contributed by atoms with E-state index >= 15 is 0 Å². The molecule has 0 aromatic heterocycles. The molecule has 0 atom stereocenters. The first-order valence-corrected chi connectivity index (χ1v) is 6.96. The van der Waals surface area contributed by atoms with Crippen LogP contribution in [0, 0.1) is 0 Å². The van der Waals surface area contributed by atoms with E-state index in [1.54, 1.807) is 0 Å². The van der Waals surface area contributed by atoms with Gasteiger partial charge in [0.2, 0.25) is 0 Å². The summed E-state index contributed by atoms with van der Waals surface area (Å²) in [6.07, 6.45) is 15.0. The van der Waals surface area contributed by atoms with Gasteiger partial charge in [0, 0.05) is 12.2 Å². The molecule has 1 heteroatoms. The van der Waals surface area contributed by atoms with E-state index < -0.39 is 0 Å². The highest BCUT2D eigenvalue weighted by Crippen LogP contribution is 2.02. The van der Waals surface area contributed by atoms with Gasteiger partial charge in [-0.15, -0.1) is 0 Å². The van der Waals surface area contributed by atoms with Gasteiger partial charge in [-0.25, -0.2) is 0 Å². The van der Waals surface area contributed by atoms with Crippen LogP contribution in [0.5, 0.6) is 0 Å². The highest BCUT2D eigenvalue weighted by molar-refractivity contribution is 5.17. The summed E-state index contributed by atoms with van der Waals surface area (Å²) in [7, 11) is 0. The first-order chi connectivity index (χ1) is 8.24. The molecule has 0 fully saturated rings. The van der Waals surface area contributed by atoms with E-state index in [9.17, 15) is 0 Å². The van der Waals surface area contributed by atoms with Crippen molar-refractivity contribution in [2.45, 2.75) is 59.8 Å². The Bertz CT molecular complexity index is 259. The molecule has 0 aromatic rings. The van der Waals surface area contributed by atoms with Gasteiger partial charge in [0.25, 0.3) is 0 Å². The lowest BCUT2D eigenvalue weighted by Crippen LogP contribution is -2.14. The van der Waals surface area contributed by atoms with Crippen LogP contribution in [0.2, 0.25) is 0 Å². The number of rotatable bonds is 9. The van der Waals surface area contributed by atoms with Gasteiger partial charge in [0.15, 0.2) is 0 Å². The number of hydrogen-bond donors (Lipinski definition) is 1. The highest BCUT2D eigenvalue weighted by atomic mass is 14.9. The average molecular weight is 235 g/mol. The predicted octanol–water partition coefficient (Wildman–Crippen LogP) is 4.97. The lowest BCUT2D eigenvalue weighted by molar-refractivity contribution is 0.801. The van der Waals surface area contributed by atoms with Crippen molar-refractivity contribution < 1.29 is 0 Å². The van der Waals surface area contributed by atoms with Gasteiger partial charge in [0.05, 0.1) is 0 Å². The summed E-state index contributed by atoms with van der Waals surface area (Å²) < 4.78 is 0. The zero-order valence-corrected chi connectivity index (χ0v) is 12.1. The second kappa shape index (κ2) is 11.5. The minimum Gasteiger partial charge on any atom is -0.382 e. The Morgan fingerprint density at radius 1 is 1.12 bits per heavy atom. The molecule has 0 amide bonds. The monoisotopic (exact) mass is 235 g/mol. The molecule has 1 nitrogen and oxygen atoms in total. The summed E-state index contributed by atoms with van der Waals surface area (Å²) >= 11 is 0. The van der Waals surface area contributed by atoms with Crippen molar-refractivity contribution in [2.24, 2.45) is 0 Å². The van der Waals surface area contributed by atoms with Crippen LogP contribution in [0.25, 0.3) is 0 Å². The van der Waals surface area contributed by atoms with Gasteiger partial charge < -0.3 is 5.32 Å². The molecule has 0 aliphatic rings. The van der Waals surface area contributed by atoms with Crippen LogP contribution in [0.1, 0.15) is 59.8 Å². The molecular formula is C16H29N. The fourth-order valence-electron chi connectivity index (χ4n) is 1.50. The standard InChI is InChI=1S/C16H29N/c1-5-8-10-12-15(4)14-17-16(7-3)13-11-9-6-2/h7,11-13,17H,5-6,8-10,14H2,1-4H3/b13-11-,15-12+,16-7+. The molecule has 0 saturated carbocycles. The van der Waals surface area contributed by atoms with Crippen molar-refractivity contribution >= 4 is 0 Å². The first-order valence-electron chi connectivity index (χ1n) is 6.96. The molecule has 1 N–H and O–H groups in total. The second-order valence-corrected chi connectivity index (χ2v) is 4.48. The Morgan fingerprint density at radius 2 is 1.88 bits per heavy atom. The molecule has 0 bridgehead atoms. The molecule has 17 heavy (non-hydrogen) atoms. The molecule has 0 aliphatic heterocycles. The lowest BCUT2D eigenvalue weighted by atomic mass is 10.2. The third-order valence-electron chi connectivity index (χ3n) is 2.69. The van der Waals surface area contributed by atoms with Crippen LogP contribution in [0.15, 0.2) is 35.6 Å². The van der Waals surface area contributed by atoms with Gasteiger partial charge in [-0.3, -0.25) is 0 Å². The Morgan fingerprint density at radius 3 is 2.47 bits per heavy atom. The minimum atomic E-state index is 0.958. The maximum absolute atomic E-state index is 3.46. The molecule has 0 radical (unpaired) electrons. The largest absolute Gasteiger partial charge is 0.382 e. The van der Waals surface area contributed by atoms with E-state index in [4.69, 9.17) is 0 Å². The van der Waals surface area contributed by atoms with Gasteiger partial charge >= 0.3 is 0 Å². The highest BCUT2D eigenvalue weighted by Gasteiger charge is 1.91. The van der Waals surface area contributed by atoms with E-state index in [1.807, 2.05) is 0 Å². The normalized spacial score (nSPS) is 13.4. The van der Waals surface area contributed by atoms with Crippen molar-refractivity contribution in [2.75, 3.05) is 6.54 Å². The van der Waals surface area contributed by atoms with Crippen LogP contribution in [-0.4, -0.2) is 6.54 Å². The van der Waals surface area contributed by atoms with Crippen LogP contribution in [0.3, 0.4) is 0 Å². The van der Waals surface area contributed by atoms with E-state index in [0.717, 1.165) is 13.0 Å². The molecule has 0 saturated heterocycles. The van der Waals surface area contributed by atoms with Crippen LogP contribution >= 0.6 is 0 Å². The third-order valence-corrected chi connectivity index (χ3v) is 2.69. The van der Waals surface area contributed by atoms with Gasteiger partial charge in [-0.2, -0.15) is 0 Å². The van der Waals surface area contributed by atoms with Crippen LogP contribution < -0.4 is 5.32 Å². The zero-order valence-electron chi connectivity index (χ0n) is 12.1. The summed E-state index contributed by atoms with van der Waals surface area (Å²) in [6, 6.07) is 0. The smallest absolute Gasteiger partial charge is 0.0357 e. The number of unbranched alkanes of at least 4 members (excludes halogenated alkanes) is 3. The summed E-state index contributed by atoms with van der Waals surface area (Å²) in [4.78, 5) is 0. The molecule has 0 heterocycles. The van der Waals surface area contributed by atoms with Gasteiger partial charge in [-0.05, 0) is 32.8 Å². The van der Waals surface area contributed by atoms with Crippen LogP contribution in [-0.2, 0) is 0 Å². The average Bonchev–Trinajstić information content (AvgIpc) is 2.34. The van der Waals surface area contributed by atoms with E-state index in [0.29, 0.717) is 0 Å². The lowest BCUT2D eigenvalue weighted by Gasteiger charge is -2.07. The fraction of sp³-hybridized carbons (Fsp3) is 0.625. The van der Waals surface area contributed by atoms with Crippen molar-refractivity contribution in [3.8, 4) is 0 Å². The van der Waals surface area contributed by atoms with Crippen molar-refractivity contribution in [1.29, 1.82) is 0 Å². The Hall–Kier alpha value is -0.980. The Labute approximate surface area is 108 Å². The third kappa shape index (κ3) is 9.92. The molecule has 0 aliphatic carbocycles. The molecule has 0 spiro atoms. The molecule has 0 unspecified atom stereocenters. The first kappa shape index (κ1) is 16.0. The zero-order chi connectivity index (χ0) is 12.9. The maximum Gasteiger partial charge on any atom is 0.0357 e. The molecule has 0 aromatic carbocycles. The van der Waals surface area contributed by atoms with Crippen LogP contribution in [0.4, 0.5) is 0 Å². The fourth-order valence-corrected chi connectivity index (χ4v) is 1.50. The minimum absolute atomic E-state index is 0.958. The quantitative estimate of drug-likeness (QED) is 0.338. The predicted molar refractivity (Wildman–Crippen MR) is 79.1 cm³/mol. The molecule has 0 rings (SSSR count). The number of nitrogens with one attached hydrogen (secondary N) is 1. The van der Waals surface area contributed by atoms with Crippen molar-refractivity contribution in [3.05, 3.63) is 35.6 Å². The van der Waals surface area contributed by atoms with Gasteiger partial charge in [0.1, 0.15) is 0 Å². The summed E-state index contributed by atoms with van der Waals surface area (Å²) in [5, 5.41) is 3.46.